The van der Waals surface area contributed by atoms with E-state index in [1.165, 1.54) is 0 Å². The fraction of sp³-hybridized carbons (Fsp3) is 0.417. The van der Waals surface area contributed by atoms with Crippen molar-refractivity contribution in [3.8, 4) is 0 Å². The van der Waals surface area contributed by atoms with Crippen molar-refractivity contribution in [1.29, 1.82) is 0 Å². The predicted molar refractivity (Wildman–Crippen MR) is 71.5 cm³/mol. The quantitative estimate of drug-likeness (QED) is 0.793. The third-order valence-corrected chi connectivity index (χ3v) is 2.83. The summed E-state index contributed by atoms with van der Waals surface area (Å²) in [5, 5.41) is 9.94. The van der Waals surface area contributed by atoms with Crippen LogP contribution in [0.25, 0.3) is 0 Å². The van der Waals surface area contributed by atoms with Crippen molar-refractivity contribution in [2.45, 2.75) is 26.6 Å². The summed E-state index contributed by atoms with van der Waals surface area (Å²) in [5.41, 5.74) is 1.99. The number of carbonyl (C=O) groups excluding carboxylic acids is 1. The molecule has 0 bridgehead atoms. The molecule has 2 aromatic heterocycles. The van der Waals surface area contributed by atoms with Crippen LogP contribution in [0.1, 0.15) is 12.6 Å². The number of aromatic nitrogens is 4. The number of imidazole rings is 1. The maximum absolute atomic E-state index is 11.2. The predicted octanol–water partition coefficient (Wildman–Crippen LogP) is 0.458. The summed E-state index contributed by atoms with van der Waals surface area (Å²) in [6, 6.07) is 0. The summed E-state index contributed by atoms with van der Waals surface area (Å²) in [6.07, 6.45) is 7.16. The van der Waals surface area contributed by atoms with Gasteiger partial charge in [-0.3, -0.25) is 9.48 Å². The summed E-state index contributed by atoms with van der Waals surface area (Å²) < 4.78 is 3.67. The summed E-state index contributed by atoms with van der Waals surface area (Å²) in [6.45, 7) is 3.88. The van der Waals surface area contributed by atoms with Gasteiger partial charge in [-0.2, -0.15) is 5.10 Å². The van der Waals surface area contributed by atoms with E-state index >= 15 is 0 Å². The Hall–Kier alpha value is -2.31. The lowest BCUT2D eigenvalue weighted by molar-refractivity contribution is -0.121. The van der Waals surface area contributed by atoms with Crippen molar-refractivity contribution in [3.63, 3.8) is 0 Å². The van der Waals surface area contributed by atoms with Crippen molar-refractivity contribution >= 4 is 11.6 Å². The highest BCUT2D eigenvalue weighted by molar-refractivity contribution is 5.75. The van der Waals surface area contributed by atoms with E-state index in [4.69, 9.17) is 0 Å². The molecular weight excluding hydrogens is 244 g/mol. The summed E-state index contributed by atoms with van der Waals surface area (Å²) in [5.74, 6) is -0.0706. The Balaban J connectivity index is 1.91. The molecule has 0 spiro atoms. The standard InChI is InChI=1S/C12H18N6O/c1-3-17-9-14-5-11(17)6-15-10-4-16-18(7-10)8-12(19)13-2/h4-5,7,9,15H,3,6,8H2,1-2H3,(H,13,19). The van der Waals surface area contributed by atoms with Crippen LogP contribution in [0.5, 0.6) is 0 Å². The number of nitrogens with zero attached hydrogens (tertiary/aromatic N) is 4. The smallest absolute Gasteiger partial charge is 0.241 e. The van der Waals surface area contributed by atoms with E-state index in [0.717, 1.165) is 17.9 Å². The number of nitrogens with one attached hydrogen (secondary N) is 2. The highest BCUT2D eigenvalue weighted by Crippen LogP contribution is 2.08. The number of rotatable bonds is 6. The molecule has 2 rings (SSSR count). The van der Waals surface area contributed by atoms with Crippen LogP contribution in [0.2, 0.25) is 0 Å². The summed E-state index contributed by atoms with van der Waals surface area (Å²) in [4.78, 5) is 15.3. The molecule has 0 aliphatic carbocycles. The van der Waals surface area contributed by atoms with Gasteiger partial charge in [0.1, 0.15) is 6.54 Å². The second-order valence-corrected chi connectivity index (χ2v) is 4.12. The lowest BCUT2D eigenvalue weighted by Gasteiger charge is -2.06. The van der Waals surface area contributed by atoms with Crippen LogP contribution >= 0.6 is 0 Å². The number of carbonyl (C=O) groups is 1. The molecule has 0 radical (unpaired) electrons. The van der Waals surface area contributed by atoms with Gasteiger partial charge in [-0.1, -0.05) is 0 Å². The number of aryl methyl sites for hydroxylation is 1. The second kappa shape index (κ2) is 6.03. The number of likely N-dealkylation sites (N-methyl/N-ethyl adjacent to an activating group) is 1. The van der Waals surface area contributed by atoms with Crippen molar-refractivity contribution in [1.82, 2.24) is 24.6 Å². The van der Waals surface area contributed by atoms with Crippen LogP contribution in [0.4, 0.5) is 5.69 Å². The van der Waals surface area contributed by atoms with E-state index in [9.17, 15) is 4.79 Å². The molecule has 0 saturated heterocycles. The highest BCUT2D eigenvalue weighted by atomic mass is 16.1. The summed E-state index contributed by atoms with van der Waals surface area (Å²) in [7, 11) is 1.61. The van der Waals surface area contributed by atoms with Gasteiger partial charge in [0.2, 0.25) is 5.91 Å². The number of anilines is 1. The van der Waals surface area contributed by atoms with Crippen molar-refractivity contribution < 1.29 is 4.79 Å². The molecule has 19 heavy (non-hydrogen) atoms. The van der Waals surface area contributed by atoms with Gasteiger partial charge in [0.15, 0.2) is 0 Å². The summed E-state index contributed by atoms with van der Waals surface area (Å²) >= 11 is 0. The molecule has 2 heterocycles. The first-order valence-electron chi connectivity index (χ1n) is 6.18. The van der Waals surface area contributed by atoms with Gasteiger partial charge in [-0.25, -0.2) is 4.98 Å². The molecule has 0 atom stereocenters. The van der Waals surface area contributed by atoms with E-state index in [1.54, 1.807) is 17.9 Å². The molecule has 7 heteroatoms. The van der Waals surface area contributed by atoms with Gasteiger partial charge < -0.3 is 15.2 Å². The highest BCUT2D eigenvalue weighted by Gasteiger charge is 2.04. The van der Waals surface area contributed by atoms with Crippen molar-refractivity contribution in [3.05, 3.63) is 30.6 Å². The van der Waals surface area contributed by atoms with Gasteiger partial charge >= 0.3 is 0 Å². The third-order valence-electron chi connectivity index (χ3n) is 2.83. The Labute approximate surface area is 111 Å². The Kier molecular flexibility index (Phi) is 4.17. The van der Waals surface area contributed by atoms with Gasteiger partial charge in [-0.05, 0) is 6.92 Å². The van der Waals surface area contributed by atoms with Crippen LogP contribution in [-0.4, -0.2) is 32.3 Å². The Morgan fingerprint density at radius 3 is 3.00 bits per heavy atom. The topological polar surface area (TPSA) is 76.8 Å². The van der Waals surface area contributed by atoms with Crippen LogP contribution in [-0.2, 0) is 24.4 Å². The largest absolute Gasteiger partial charge is 0.377 e. The molecule has 1 amide bonds. The monoisotopic (exact) mass is 262 g/mol. The van der Waals surface area contributed by atoms with E-state index in [-0.39, 0.29) is 12.5 Å². The van der Waals surface area contributed by atoms with Gasteiger partial charge in [0.05, 0.1) is 30.5 Å². The normalized spacial score (nSPS) is 10.4. The second-order valence-electron chi connectivity index (χ2n) is 4.12. The molecule has 0 unspecified atom stereocenters. The van der Waals surface area contributed by atoms with Crippen LogP contribution in [0, 0.1) is 0 Å². The maximum Gasteiger partial charge on any atom is 0.241 e. The Bertz CT molecular complexity index is 544. The molecule has 7 nitrogen and oxygen atoms in total. The molecule has 0 fully saturated rings. The lowest BCUT2D eigenvalue weighted by atomic mass is 10.4. The minimum Gasteiger partial charge on any atom is -0.377 e. The lowest BCUT2D eigenvalue weighted by Crippen LogP contribution is -2.23. The van der Waals surface area contributed by atoms with Gasteiger partial charge in [0.25, 0.3) is 0 Å². The minimum atomic E-state index is -0.0706. The average Bonchev–Trinajstić information content (AvgIpc) is 3.04. The minimum absolute atomic E-state index is 0.0706. The van der Waals surface area contributed by atoms with Gasteiger partial charge in [0, 0.05) is 26.0 Å². The molecule has 0 aromatic carbocycles. The number of amides is 1. The zero-order chi connectivity index (χ0) is 13.7. The van der Waals surface area contributed by atoms with Crippen LogP contribution in [0.3, 0.4) is 0 Å². The third kappa shape index (κ3) is 3.34. The van der Waals surface area contributed by atoms with E-state index in [1.807, 2.05) is 18.7 Å². The zero-order valence-corrected chi connectivity index (χ0v) is 11.1. The van der Waals surface area contributed by atoms with Crippen molar-refractivity contribution in [2.75, 3.05) is 12.4 Å². The van der Waals surface area contributed by atoms with E-state index in [0.29, 0.717) is 6.54 Å². The molecule has 0 aliphatic heterocycles. The SMILES string of the molecule is CCn1cncc1CNc1cnn(CC(=O)NC)c1. The van der Waals surface area contributed by atoms with E-state index in [2.05, 4.69) is 32.2 Å². The number of hydrogen-bond acceptors (Lipinski definition) is 4. The van der Waals surface area contributed by atoms with Crippen LogP contribution < -0.4 is 10.6 Å². The first-order valence-corrected chi connectivity index (χ1v) is 6.18. The molecule has 0 aliphatic rings. The first kappa shape index (κ1) is 13.1. The Morgan fingerprint density at radius 1 is 1.42 bits per heavy atom. The molecule has 2 aromatic rings. The molecule has 0 saturated carbocycles. The zero-order valence-electron chi connectivity index (χ0n) is 11.1. The van der Waals surface area contributed by atoms with Crippen molar-refractivity contribution in [2.24, 2.45) is 0 Å². The van der Waals surface area contributed by atoms with Crippen LogP contribution in [0.15, 0.2) is 24.9 Å². The van der Waals surface area contributed by atoms with Gasteiger partial charge in [-0.15, -0.1) is 0 Å². The Morgan fingerprint density at radius 2 is 2.26 bits per heavy atom. The molecule has 102 valence electrons. The molecular formula is C12H18N6O. The van der Waals surface area contributed by atoms with E-state index < -0.39 is 0 Å². The fourth-order valence-electron chi connectivity index (χ4n) is 1.74. The maximum atomic E-state index is 11.2. The molecule has 2 N–H and O–H groups in total. The first-order chi connectivity index (χ1) is 9.22. The number of hydrogen-bond donors (Lipinski definition) is 2. The average molecular weight is 262 g/mol. The fourth-order valence-corrected chi connectivity index (χ4v) is 1.74.